The van der Waals surface area contributed by atoms with Crippen LogP contribution in [0.15, 0.2) is 22.9 Å². The second kappa shape index (κ2) is 6.60. The SMILES string of the molecule is CC(CCCN)C(=O)Nc1ccncc1Br. The summed E-state index contributed by atoms with van der Waals surface area (Å²) in [4.78, 5) is 15.7. The van der Waals surface area contributed by atoms with Crippen molar-refractivity contribution in [3.05, 3.63) is 22.9 Å². The lowest BCUT2D eigenvalue weighted by Crippen LogP contribution is -2.21. The first-order chi connectivity index (χ1) is 7.65. The number of hydrogen-bond donors (Lipinski definition) is 2. The van der Waals surface area contributed by atoms with E-state index in [0.717, 1.165) is 23.0 Å². The molecule has 1 rings (SSSR count). The molecule has 0 saturated heterocycles. The number of nitrogens with two attached hydrogens (primary N) is 1. The molecule has 1 aromatic rings. The van der Waals surface area contributed by atoms with E-state index in [0.29, 0.717) is 6.54 Å². The van der Waals surface area contributed by atoms with Crippen molar-refractivity contribution in [1.29, 1.82) is 0 Å². The Kier molecular flexibility index (Phi) is 5.42. The summed E-state index contributed by atoms with van der Waals surface area (Å²) >= 11 is 3.33. The highest BCUT2D eigenvalue weighted by molar-refractivity contribution is 9.10. The quantitative estimate of drug-likeness (QED) is 0.871. The van der Waals surface area contributed by atoms with E-state index in [9.17, 15) is 4.79 Å². The number of carbonyl (C=O) groups excluding carboxylic acids is 1. The zero-order valence-electron chi connectivity index (χ0n) is 9.24. The van der Waals surface area contributed by atoms with Crippen molar-refractivity contribution in [1.82, 2.24) is 4.98 Å². The van der Waals surface area contributed by atoms with E-state index >= 15 is 0 Å². The molecule has 16 heavy (non-hydrogen) atoms. The fraction of sp³-hybridized carbons (Fsp3) is 0.455. The Bertz CT molecular complexity index is 357. The topological polar surface area (TPSA) is 68.0 Å². The van der Waals surface area contributed by atoms with Crippen LogP contribution in [0.2, 0.25) is 0 Å². The van der Waals surface area contributed by atoms with Gasteiger partial charge in [0.25, 0.3) is 0 Å². The van der Waals surface area contributed by atoms with Crippen LogP contribution in [0.25, 0.3) is 0 Å². The molecule has 1 unspecified atom stereocenters. The molecule has 0 radical (unpaired) electrons. The molecule has 1 heterocycles. The Morgan fingerprint density at radius 3 is 3.06 bits per heavy atom. The zero-order valence-corrected chi connectivity index (χ0v) is 10.8. The van der Waals surface area contributed by atoms with Gasteiger partial charge in [0, 0.05) is 18.3 Å². The largest absolute Gasteiger partial charge is 0.330 e. The average molecular weight is 286 g/mol. The van der Waals surface area contributed by atoms with Gasteiger partial charge in [-0.1, -0.05) is 6.92 Å². The fourth-order valence-corrected chi connectivity index (χ4v) is 1.64. The van der Waals surface area contributed by atoms with Crippen molar-refractivity contribution >= 4 is 27.5 Å². The molecule has 4 nitrogen and oxygen atoms in total. The number of rotatable bonds is 5. The van der Waals surface area contributed by atoms with Crippen molar-refractivity contribution in [3.8, 4) is 0 Å². The Morgan fingerprint density at radius 1 is 1.69 bits per heavy atom. The van der Waals surface area contributed by atoms with Crippen LogP contribution in [-0.2, 0) is 4.79 Å². The van der Waals surface area contributed by atoms with E-state index in [2.05, 4.69) is 26.2 Å². The van der Waals surface area contributed by atoms with Crippen LogP contribution in [0.4, 0.5) is 5.69 Å². The summed E-state index contributed by atoms with van der Waals surface area (Å²) in [6.07, 6.45) is 4.97. The minimum absolute atomic E-state index is 0.0142. The van der Waals surface area contributed by atoms with Crippen LogP contribution in [0, 0.1) is 5.92 Å². The van der Waals surface area contributed by atoms with E-state index in [1.807, 2.05) is 6.92 Å². The number of halogens is 1. The minimum Gasteiger partial charge on any atom is -0.330 e. The van der Waals surface area contributed by atoms with Gasteiger partial charge in [-0.3, -0.25) is 9.78 Å². The van der Waals surface area contributed by atoms with E-state index in [4.69, 9.17) is 5.73 Å². The lowest BCUT2D eigenvalue weighted by atomic mass is 10.0. The van der Waals surface area contributed by atoms with Gasteiger partial charge >= 0.3 is 0 Å². The number of amides is 1. The maximum absolute atomic E-state index is 11.8. The standard InChI is InChI=1S/C11H16BrN3O/c1-8(3-2-5-13)11(16)15-10-4-6-14-7-9(10)12/h4,6-8H,2-3,5,13H2,1H3,(H,14,15,16). The fourth-order valence-electron chi connectivity index (χ4n) is 1.29. The summed E-state index contributed by atoms with van der Waals surface area (Å²) in [5, 5.41) is 2.85. The van der Waals surface area contributed by atoms with Gasteiger partial charge in [0.2, 0.25) is 5.91 Å². The van der Waals surface area contributed by atoms with Gasteiger partial charge in [-0.15, -0.1) is 0 Å². The van der Waals surface area contributed by atoms with Crippen molar-refractivity contribution in [2.75, 3.05) is 11.9 Å². The summed E-state index contributed by atoms with van der Waals surface area (Å²) in [7, 11) is 0. The van der Waals surface area contributed by atoms with Gasteiger partial charge in [-0.25, -0.2) is 0 Å². The van der Waals surface area contributed by atoms with Gasteiger partial charge in [-0.05, 0) is 41.4 Å². The molecule has 0 fully saturated rings. The molecule has 1 atom stereocenters. The Labute approximate surface area is 104 Å². The molecular weight excluding hydrogens is 270 g/mol. The molecule has 88 valence electrons. The highest BCUT2D eigenvalue weighted by Gasteiger charge is 2.13. The monoisotopic (exact) mass is 285 g/mol. The number of aromatic nitrogens is 1. The number of pyridine rings is 1. The average Bonchev–Trinajstić information content (AvgIpc) is 2.28. The molecule has 0 bridgehead atoms. The lowest BCUT2D eigenvalue weighted by molar-refractivity contribution is -0.119. The smallest absolute Gasteiger partial charge is 0.227 e. The van der Waals surface area contributed by atoms with Gasteiger partial charge in [0.15, 0.2) is 0 Å². The Balaban J connectivity index is 2.54. The summed E-state index contributed by atoms with van der Waals surface area (Å²) < 4.78 is 0.786. The molecule has 0 saturated carbocycles. The van der Waals surface area contributed by atoms with Crippen LogP contribution >= 0.6 is 15.9 Å². The third kappa shape index (κ3) is 3.90. The lowest BCUT2D eigenvalue weighted by Gasteiger charge is -2.12. The Morgan fingerprint density at radius 2 is 2.44 bits per heavy atom. The highest BCUT2D eigenvalue weighted by Crippen LogP contribution is 2.21. The molecule has 0 aliphatic rings. The number of hydrogen-bond acceptors (Lipinski definition) is 3. The highest BCUT2D eigenvalue weighted by atomic mass is 79.9. The molecule has 0 spiro atoms. The van der Waals surface area contributed by atoms with Gasteiger partial charge < -0.3 is 11.1 Å². The van der Waals surface area contributed by atoms with Crippen molar-refractivity contribution in [2.24, 2.45) is 11.7 Å². The van der Waals surface area contributed by atoms with Crippen LogP contribution in [-0.4, -0.2) is 17.4 Å². The number of carbonyl (C=O) groups is 1. The minimum atomic E-state index is -0.0244. The molecule has 0 aliphatic heterocycles. The normalized spacial score (nSPS) is 12.2. The van der Waals surface area contributed by atoms with Crippen molar-refractivity contribution < 1.29 is 4.79 Å². The van der Waals surface area contributed by atoms with Crippen LogP contribution in [0.1, 0.15) is 19.8 Å². The number of nitrogens with one attached hydrogen (secondary N) is 1. The van der Waals surface area contributed by atoms with E-state index in [1.165, 1.54) is 0 Å². The Hall–Kier alpha value is -0.940. The van der Waals surface area contributed by atoms with E-state index in [1.54, 1.807) is 18.5 Å². The molecule has 5 heteroatoms. The van der Waals surface area contributed by atoms with Gasteiger partial charge in [0.1, 0.15) is 0 Å². The summed E-state index contributed by atoms with van der Waals surface area (Å²) in [5.74, 6) is -0.0102. The maximum Gasteiger partial charge on any atom is 0.227 e. The first-order valence-electron chi connectivity index (χ1n) is 5.25. The second-order valence-corrected chi connectivity index (χ2v) is 4.53. The molecule has 3 N–H and O–H groups in total. The van der Waals surface area contributed by atoms with Crippen LogP contribution in [0.5, 0.6) is 0 Å². The second-order valence-electron chi connectivity index (χ2n) is 3.68. The van der Waals surface area contributed by atoms with Gasteiger partial charge in [-0.2, -0.15) is 0 Å². The summed E-state index contributed by atoms with van der Waals surface area (Å²) in [6.45, 7) is 2.52. The third-order valence-electron chi connectivity index (χ3n) is 2.32. The predicted molar refractivity (Wildman–Crippen MR) is 68.0 cm³/mol. The molecular formula is C11H16BrN3O. The summed E-state index contributed by atoms with van der Waals surface area (Å²) in [6, 6.07) is 1.76. The maximum atomic E-state index is 11.8. The first-order valence-corrected chi connectivity index (χ1v) is 6.05. The zero-order chi connectivity index (χ0) is 12.0. The molecule has 0 aromatic carbocycles. The summed E-state index contributed by atoms with van der Waals surface area (Å²) in [5.41, 5.74) is 6.16. The molecule has 1 aromatic heterocycles. The number of nitrogens with zero attached hydrogens (tertiary/aromatic N) is 1. The van der Waals surface area contributed by atoms with Crippen molar-refractivity contribution in [3.63, 3.8) is 0 Å². The molecule has 1 amide bonds. The number of anilines is 1. The van der Waals surface area contributed by atoms with Gasteiger partial charge in [0.05, 0.1) is 10.2 Å². The van der Waals surface area contributed by atoms with E-state index in [-0.39, 0.29) is 11.8 Å². The third-order valence-corrected chi connectivity index (χ3v) is 2.95. The van der Waals surface area contributed by atoms with Crippen LogP contribution < -0.4 is 11.1 Å². The van der Waals surface area contributed by atoms with Crippen molar-refractivity contribution in [2.45, 2.75) is 19.8 Å². The van der Waals surface area contributed by atoms with Crippen LogP contribution in [0.3, 0.4) is 0 Å². The predicted octanol–water partition coefficient (Wildman–Crippen LogP) is 2.16. The van der Waals surface area contributed by atoms with E-state index < -0.39 is 0 Å². The molecule has 0 aliphatic carbocycles. The first kappa shape index (κ1) is 13.1.